The van der Waals surface area contributed by atoms with Gasteiger partial charge < -0.3 is 19.1 Å². The van der Waals surface area contributed by atoms with E-state index in [9.17, 15) is 9.18 Å². The maximum absolute atomic E-state index is 14.9. The first-order chi connectivity index (χ1) is 19.4. The Balaban J connectivity index is 0.913. The molecule has 9 nitrogen and oxygen atoms in total. The molecule has 0 aromatic carbocycles. The van der Waals surface area contributed by atoms with E-state index >= 15 is 0 Å². The Kier molecular flexibility index (Phi) is 7.85. The molecule has 2 fully saturated rings. The van der Waals surface area contributed by atoms with Crippen molar-refractivity contribution < 1.29 is 18.4 Å². The molecule has 6 rings (SSSR count). The number of piperidine rings is 1. The number of carbonyl (C=O) groups excluding carboxylic acids is 1. The van der Waals surface area contributed by atoms with Gasteiger partial charge in [0.2, 0.25) is 5.91 Å². The molecule has 0 radical (unpaired) electrons. The summed E-state index contributed by atoms with van der Waals surface area (Å²) >= 11 is 0. The minimum atomic E-state index is -0.315. The average molecular weight is 551 g/mol. The number of hydrogen-bond acceptors (Lipinski definition) is 8. The predicted molar refractivity (Wildman–Crippen MR) is 147 cm³/mol. The van der Waals surface area contributed by atoms with Gasteiger partial charge in [0, 0.05) is 56.9 Å². The first-order valence-corrected chi connectivity index (χ1v) is 14.8. The van der Waals surface area contributed by atoms with Gasteiger partial charge in [-0.1, -0.05) is 19.0 Å². The van der Waals surface area contributed by atoms with Crippen LogP contribution in [0.4, 0.5) is 10.4 Å². The van der Waals surface area contributed by atoms with Crippen LogP contribution < -0.4 is 4.90 Å². The molecular weight excluding hydrogens is 511 g/mol. The van der Waals surface area contributed by atoms with Gasteiger partial charge in [-0.3, -0.25) is 14.8 Å². The lowest BCUT2D eigenvalue weighted by Gasteiger charge is -2.30. The second kappa shape index (κ2) is 11.7. The minimum absolute atomic E-state index is 0.0535. The van der Waals surface area contributed by atoms with E-state index in [0.29, 0.717) is 62.2 Å². The SMILES string of the molecule is CC(C)c1noc(N2CCC([C@H]3C[C@H]3CCOC3=CC(F)=C(CC(=O)N4CCc5nccnc5C4)CC3)CC2)n1. The van der Waals surface area contributed by atoms with Crippen molar-refractivity contribution in [3.05, 3.63) is 52.8 Å². The molecule has 2 atom stereocenters. The largest absolute Gasteiger partial charge is 0.498 e. The zero-order chi connectivity index (χ0) is 27.6. The first kappa shape index (κ1) is 26.9. The molecule has 2 aromatic heterocycles. The molecule has 214 valence electrons. The van der Waals surface area contributed by atoms with Gasteiger partial charge >= 0.3 is 6.01 Å². The summed E-state index contributed by atoms with van der Waals surface area (Å²) in [4.78, 5) is 30.0. The number of rotatable bonds is 9. The summed E-state index contributed by atoms with van der Waals surface area (Å²) in [6.45, 7) is 7.74. The highest BCUT2D eigenvalue weighted by molar-refractivity contribution is 5.79. The zero-order valence-electron chi connectivity index (χ0n) is 23.5. The lowest BCUT2D eigenvalue weighted by molar-refractivity contribution is -0.131. The highest BCUT2D eigenvalue weighted by Gasteiger charge is 2.43. The Morgan fingerprint density at radius 3 is 2.67 bits per heavy atom. The van der Waals surface area contributed by atoms with Crippen LogP contribution in [0.2, 0.25) is 0 Å². The topological polar surface area (TPSA) is 97.5 Å². The van der Waals surface area contributed by atoms with Gasteiger partial charge in [0.15, 0.2) is 5.82 Å². The summed E-state index contributed by atoms with van der Waals surface area (Å²) in [5, 5.41) is 4.10. The van der Waals surface area contributed by atoms with Crippen LogP contribution in [0.15, 0.2) is 40.2 Å². The Morgan fingerprint density at radius 1 is 1.12 bits per heavy atom. The Bertz CT molecular complexity index is 1280. The summed E-state index contributed by atoms with van der Waals surface area (Å²) in [6.07, 6.45) is 11.4. The monoisotopic (exact) mass is 550 g/mol. The van der Waals surface area contributed by atoms with E-state index in [2.05, 4.69) is 38.9 Å². The molecule has 1 saturated heterocycles. The van der Waals surface area contributed by atoms with Gasteiger partial charge in [-0.05, 0) is 55.4 Å². The third kappa shape index (κ3) is 6.05. The fourth-order valence-corrected chi connectivity index (χ4v) is 6.37. The predicted octanol–water partition coefficient (Wildman–Crippen LogP) is 5.12. The molecular formula is C30H39FN6O3. The Hall–Kier alpha value is -3.30. The quantitative estimate of drug-likeness (QED) is 0.425. The molecule has 0 spiro atoms. The van der Waals surface area contributed by atoms with E-state index in [1.807, 2.05) is 0 Å². The molecule has 4 heterocycles. The van der Waals surface area contributed by atoms with E-state index in [1.165, 1.54) is 12.5 Å². The molecule has 0 N–H and O–H groups in total. The van der Waals surface area contributed by atoms with Crippen molar-refractivity contribution in [3.63, 3.8) is 0 Å². The van der Waals surface area contributed by atoms with Gasteiger partial charge in [0.25, 0.3) is 0 Å². The molecule has 40 heavy (non-hydrogen) atoms. The summed E-state index contributed by atoms with van der Waals surface area (Å²) in [5.74, 6) is 3.57. The summed E-state index contributed by atoms with van der Waals surface area (Å²) in [7, 11) is 0. The number of hydrogen-bond donors (Lipinski definition) is 0. The van der Waals surface area contributed by atoms with Crippen LogP contribution in [0.5, 0.6) is 0 Å². The van der Waals surface area contributed by atoms with Crippen molar-refractivity contribution >= 4 is 11.9 Å². The molecule has 2 aliphatic heterocycles. The number of fused-ring (bicyclic) bond motifs is 1. The molecule has 1 saturated carbocycles. The van der Waals surface area contributed by atoms with Gasteiger partial charge in [-0.15, -0.1) is 0 Å². The number of amides is 1. The third-order valence-electron chi connectivity index (χ3n) is 8.95. The Morgan fingerprint density at radius 2 is 1.93 bits per heavy atom. The van der Waals surface area contributed by atoms with E-state index in [-0.39, 0.29) is 24.1 Å². The van der Waals surface area contributed by atoms with Crippen molar-refractivity contribution in [2.75, 3.05) is 31.1 Å². The van der Waals surface area contributed by atoms with Gasteiger partial charge in [0.05, 0.1) is 36.7 Å². The second-order valence-corrected chi connectivity index (χ2v) is 12.0. The smallest absolute Gasteiger partial charge is 0.324 e. The molecule has 10 heteroatoms. The fourth-order valence-electron chi connectivity index (χ4n) is 6.37. The first-order valence-electron chi connectivity index (χ1n) is 14.8. The van der Waals surface area contributed by atoms with Crippen LogP contribution in [0.3, 0.4) is 0 Å². The lowest BCUT2D eigenvalue weighted by atomic mass is 9.90. The van der Waals surface area contributed by atoms with E-state index in [1.54, 1.807) is 17.3 Å². The lowest BCUT2D eigenvalue weighted by Crippen LogP contribution is -2.37. The average Bonchev–Trinajstić information content (AvgIpc) is 3.56. The minimum Gasteiger partial charge on any atom is -0.498 e. The number of nitrogens with zero attached hydrogens (tertiary/aromatic N) is 6. The summed E-state index contributed by atoms with van der Waals surface area (Å²) in [5.41, 5.74) is 2.35. The van der Waals surface area contributed by atoms with Crippen molar-refractivity contribution in [2.45, 2.75) is 77.7 Å². The number of aromatic nitrogens is 4. The maximum Gasteiger partial charge on any atom is 0.324 e. The Labute approximate surface area is 234 Å². The van der Waals surface area contributed by atoms with Crippen LogP contribution in [0.1, 0.15) is 81.9 Å². The van der Waals surface area contributed by atoms with Crippen molar-refractivity contribution in [2.24, 2.45) is 17.8 Å². The van der Waals surface area contributed by atoms with Gasteiger partial charge in [-0.25, -0.2) is 4.39 Å². The summed E-state index contributed by atoms with van der Waals surface area (Å²) < 4.78 is 26.3. The van der Waals surface area contributed by atoms with Crippen LogP contribution in [0, 0.1) is 17.8 Å². The fraction of sp³-hybridized carbons (Fsp3) is 0.633. The van der Waals surface area contributed by atoms with Crippen LogP contribution >= 0.6 is 0 Å². The van der Waals surface area contributed by atoms with Crippen molar-refractivity contribution in [3.8, 4) is 0 Å². The highest BCUT2D eigenvalue weighted by Crippen LogP contribution is 2.50. The van der Waals surface area contributed by atoms with Gasteiger partial charge in [-0.2, -0.15) is 4.98 Å². The molecule has 4 aliphatic rings. The second-order valence-electron chi connectivity index (χ2n) is 12.0. The number of ether oxygens (including phenoxy) is 1. The van der Waals surface area contributed by atoms with Gasteiger partial charge in [0.1, 0.15) is 5.83 Å². The number of allylic oxidation sites excluding steroid dienone is 3. The molecule has 2 aromatic rings. The van der Waals surface area contributed by atoms with Crippen molar-refractivity contribution in [1.82, 2.24) is 25.0 Å². The standard InChI is InChI=1S/C30H39FN6O3/c1-19(2)29-34-30(40-35-29)36-11-5-20(6-12-36)24-15-21(24)8-14-39-23-4-3-22(25(31)17-23)16-28(38)37-13-7-26-27(18-37)33-10-9-32-26/h9-10,17,19-21,24H,3-8,11-16,18H2,1-2H3/t21-,24-/m1/s1. The van der Waals surface area contributed by atoms with E-state index in [0.717, 1.165) is 61.4 Å². The van der Waals surface area contributed by atoms with Crippen LogP contribution in [0.25, 0.3) is 0 Å². The normalized spacial score (nSPS) is 23.4. The molecule has 1 amide bonds. The highest BCUT2D eigenvalue weighted by atomic mass is 19.1. The van der Waals surface area contributed by atoms with E-state index in [4.69, 9.17) is 9.26 Å². The van der Waals surface area contributed by atoms with Crippen molar-refractivity contribution in [1.29, 1.82) is 0 Å². The van der Waals surface area contributed by atoms with Crippen LogP contribution in [-0.2, 0) is 22.5 Å². The summed E-state index contributed by atoms with van der Waals surface area (Å²) in [6, 6.07) is 0.657. The van der Waals surface area contributed by atoms with Crippen LogP contribution in [-0.4, -0.2) is 57.2 Å². The third-order valence-corrected chi connectivity index (χ3v) is 8.95. The maximum atomic E-state index is 14.9. The number of anilines is 1. The molecule has 0 bridgehead atoms. The molecule has 0 unspecified atom stereocenters. The zero-order valence-corrected chi connectivity index (χ0v) is 23.5. The van der Waals surface area contributed by atoms with E-state index < -0.39 is 0 Å². The molecule has 2 aliphatic carbocycles. The number of carbonyl (C=O) groups is 1. The number of halogens is 1.